The minimum Gasteiger partial charge on any atom is -0.207 e. The number of hydrogen-bond acceptors (Lipinski definition) is 1. The van der Waals surface area contributed by atoms with Gasteiger partial charge >= 0.3 is 0 Å². The second-order valence-electron chi connectivity index (χ2n) is 9.41. The monoisotopic (exact) mass is 581 g/mol. The third kappa shape index (κ3) is 6.40. The van der Waals surface area contributed by atoms with Gasteiger partial charge in [-0.15, -0.1) is 0 Å². The topological polar surface area (TPSA) is 0 Å². The zero-order chi connectivity index (χ0) is 28.3. The van der Waals surface area contributed by atoms with Crippen molar-refractivity contribution >= 4 is 39.0 Å². The largest absolute Gasteiger partial charge is 0.239 e. The number of halogens is 4. The van der Waals surface area contributed by atoms with E-state index in [1.54, 1.807) is 48.5 Å². The summed E-state index contributed by atoms with van der Waals surface area (Å²) in [6.45, 7) is 0. The summed E-state index contributed by atoms with van der Waals surface area (Å²) in [6, 6.07) is 29.4. The van der Waals surface area contributed by atoms with Gasteiger partial charge in [0.15, 0.2) is 0 Å². The maximum Gasteiger partial charge on any atom is 0.239 e. The van der Waals surface area contributed by atoms with E-state index in [4.69, 9.17) is 0 Å². The van der Waals surface area contributed by atoms with Crippen molar-refractivity contribution in [2.24, 2.45) is 0 Å². The highest BCUT2D eigenvalue weighted by molar-refractivity contribution is 8.16. The molecule has 1 aromatic heterocycles. The van der Waals surface area contributed by atoms with Crippen molar-refractivity contribution in [2.45, 2.75) is 0 Å². The molecule has 0 amide bonds. The Morgan fingerprint density at radius 2 is 0.805 bits per heavy atom. The molecule has 0 N–H and O–H groups in total. The zero-order valence-corrected chi connectivity index (χ0v) is 23.1. The molecule has 0 unspecified atom stereocenters. The van der Waals surface area contributed by atoms with Crippen molar-refractivity contribution in [1.82, 2.24) is 0 Å². The lowest BCUT2D eigenvalue weighted by Gasteiger charge is -2.17. The predicted octanol–water partition coefficient (Wildman–Crippen LogP) is 11.1. The van der Waals surface area contributed by atoms with Crippen molar-refractivity contribution in [3.05, 3.63) is 167 Å². The number of rotatable bonds is 5. The Morgan fingerprint density at radius 3 is 1.17 bits per heavy atom. The van der Waals surface area contributed by atoms with Crippen LogP contribution in [-0.2, 0) is 0 Å². The van der Waals surface area contributed by atoms with Gasteiger partial charge in [-0.25, -0.2) is 17.6 Å². The third-order valence-corrected chi connectivity index (χ3v) is 8.77. The van der Waals surface area contributed by atoms with Crippen LogP contribution in [0.4, 0.5) is 17.6 Å². The first-order chi connectivity index (χ1) is 19.9. The average Bonchev–Trinajstić information content (AvgIpc) is 2.98. The molecule has 41 heavy (non-hydrogen) atoms. The van der Waals surface area contributed by atoms with Crippen molar-refractivity contribution < 1.29 is 17.6 Å². The molecule has 0 atom stereocenters. The molecule has 6 heteroatoms. The van der Waals surface area contributed by atoms with Crippen LogP contribution < -0.4 is 0 Å². The standard InChI is InChI=1S/C35H21F4S2/c36-28-9-1-24(2-10-28)32-18-22(19-33(40-32)25-3-11-29(37)12-4-25)17-23-20-34(26-5-13-30(38)14-6-26)41-35(21-23)27-7-15-31(39)16-8-27/h1-21H/q+1. The van der Waals surface area contributed by atoms with Gasteiger partial charge < -0.3 is 0 Å². The van der Waals surface area contributed by atoms with E-state index in [1.807, 2.05) is 30.4 Å². The van der Waals surface area contributed by atoms with Gasteiger partial charge in [0, 0.05) is 33.1 Å². The molecule has 0 radical (unpaired) electrons. The summed E-state index contributed by atoms with van der Waals surface area (Å²) in [6.07, 6.45) is 6.12. The Kier molecular flexibility index (Phi) is 7.68. The fraction of sp³-hybridized carbons (Fsp3) is 0. The van der Waals surface area contributed by atoms with Crippen LogP contribution in [0.1, 0.15) is 16.7 Å². The van der Waals surface area contributed by atoms with E-state index in [-0.39, 0.29) is 23.3 Å². The second-order valence-corrected chi connectivity index (χ2v) is 11.6. The SMILES string of the molecule is Fc1ccc(C2=CC(=Cc3cc(-c4ccc(F)cc4)[s+]c(-c4ccc(F)cc4)c3)C=C(c3ccc(F)cc3)S2)cc1. The molecule has 0 spiro atoms. The van der Waals surface area contributed by atoms with Crippen molar-refractivity contribution in [3.63, 3.8) is 0 Å². The summed E-state index contributed by atoms with van der Waals surface area (Å²) in [7, 11) is 0. The smallest absolute Gasteiger partial charge is 0.207 e. The molecule has 0 fully saturated rings. The van der Waals surface area contributed by atoms with E-state index in [9.17, 15) is 17.6 Å². The van der Waals surface area contributed by atoms with Crippen molar-refractivity contribution in [1.29, 1.82) is 0 Å². The molecule has 0 saturated carbocycles. The van der Waals surface area contributed by atoms with Crippen molar-refractivity contribution in [3.8, 4) is 20.9 Å². The first-order valence-corrected chi connectivity index (χ1v) is 14.4. The van der Waals surface area contributed by atoms with Crippen LogP contribution in [0.3, 0.4) is 0 Å². The van der Waals surface area contributed by atoms with E-state index in [1.165, 1.54) is 71.6 Å². The number of allylic oxidation sites excluding steroid dienone is 3. The van der Waals surface area contributed by atoms with E-state index >= 15 is 0 Å². The summed E-state index contributed by atoms with van der Waals surface area (Å²) < 4.78 is 54.7. The molecule has 0 saturated heterocycles. The molecule has 1 aliphatic heterocycles. The Morgan fingerprint density at radius 1 is 0.463 bits per heavy atom. The van der Waals surface area contributed by atoms with Crippen LogP contribution in [0.25, 0.3) is 36.8 Å². The molecule has 5 aromatic rings. The molecule has 1 aliphatic rings. The van der Waals surface area contributed by atoms with Gasteiger partial charge in [0.05, 0.1) is 0 Å². The molecule has 0 bridgehead atoms. The molecular weight excluding hydrogens is 561 g/mol. The normalized spacial score (nSPS) is 13.0. The lowest BCUT2D eigenvalue weighted by Crippen LogP contribution is -1.92. The van der Waals surface area contributed by atoms with Crippen LogP contribution in [0, 0.1) is 23.3 Å². The molecule has 2 heterocycles. The molecule has 0 nitrogen and oxygen atoms in total. The van der Waals surface area contributed by atoms with Crippen LogP contribution in [0.5, 0.6) is 0 Å². The first-order valence-electron chi connectivity index (χ1n) is 12.7. The molecule has 0 aliphatic carbocycles. The zero-order valence-electron chi connectivity index (χ0n) is 21.5. The van der Waals surface area contributed by atoms with Gasteiger partial charge in [0.25, 0.3) is 0 Å². The average molecular weight is 582 g/mol. The Bertz CT molecular complexity index is 1670. The summed E-state index contributed by atoms with van der Waals surface area (Å²) in [5.74, 6) is -1.25. The van der Waals surface area contributed by atoms with Crippen LogP contribution in [0.15, 0.2) is 127 Å². The van der Waals surface area contributed by atoms with Crippen LogP contribution in [0.2, 0.25) is 0 Å². The minimum absolute atomic E-state index is 0.313. The van der Waals surface area contributed by atoms with Gasteiger partial charge in [0.1, 0.15) is 23.3 Å². The lowest BCUT2D eigenvalue weighted by atomic mass is 10.0. The number of hydrogen-bond donors (Lipinski definition) is 0. The fourth-order valence-corrected chi connectivity index (χ4v) is 6.70. The van der Waals surface area contributed by atoms with E-state index in [0.29, 0.717) is 0 Å². The molecule has 4 aromatic carbocycles. The Hall–Kier alpha value is -4.26. The molecular formula is C35H21F4S2+. The van der Waals surface area contributed by atoms with Crippen molar-refractivity contribution in [2.75, 3.05) is 0 Å². The summed E-state index contributed by atoms with van der Waals surface area (Å²) in [5.41, 5.74) is 5.25. The van der Waals surface area contributed by atoms with E-state index in [2.05, 4.69) is 0 Å². The Balaban J connectivity index is 1.49. The maximum absolute atomic E-state index is 13.7. The summed E-state index contributed by atoms with van der Waals surface area (Å²) in [4.78, 5) is 3.70. The van der Waals surface area contributed by atoms with Gasteiger partial charge in [0.2, 0.25) is 21.1 Å². The second kappa shape index (κ2) is 11.7. The van der Waals surface area contributed by atoms with Crippen LogP contribution in [-0.4, -0.2) is 0 Å². The molecule has 6 rings (SSSR count). The van der Waals surface area contributed by atoms with Gasteiger partial charge in [-0.05, 0) is 113 Å². The fourth-order valence-electron chi connectivity index (χ4n) is 4.43. The first kappa shape index (κ1) is 26.9. The predicted molar refractivity (Wildman–Crippen MR) is 164 cm³/mol. The highest BCUT2D eigenvalue weighted by Gasteiger charge is 2.20. The quantitative estimate of drug-likeness (QED) is 0.147. The maximum atomic E-state index is 13.7. The van der Waals surface area contributed by atoms with Gasteiger partial charge in [-0.3, -0.25) is 0 Å². The third-order valence-electron chi connectivity index (χ3n) is 6.48. The lowest BCUT2D eigenvalue weighted by molar-refractivity contribution is 0.627. The van der Waals surface area contributed by atoms with E-state index in [0.717, 1.165) is 53.0 Å². The highest BCUT2D eigenvalue weighted by atomic mass is 32.2. The van der Waals surface area contributed by atoms with Gasteiger partial charge in [-0.2, -0.15) is 0 Å². The number of benzene rings is 4. The van der Waals surface area contributed by atoms with Gasteiger partial charge in [-0.1, -0.05) is 36.0 Å². The minimum atomic E-state index is -0.313. The summed E-state index contributed by atoms with van der Waals surface area (Å²) >= 11 is 3.07. The highest BCUT2D eigenvalue weighted by Crippen LogP contribution is 2.45. The number of thioether (sulfide) groups is 1. The Labute approximate surface area is 243 Å². The van der Waals surface area contributed by atoms with Crippen LogP contribution >= 0.6 is 23.1 Å². The molecule has 200 valence electrons. The van der Waals surface area contributed by atoms with E-state index < -0.39 is 0 Å². The summed E-state index contributed by atoms with van der Waals surface area (Å²) in [5, 5.41) is 0.